The molecule has 0 aromatic heterocycles. The van der Waals surface area contributed by atoms with Crippen molar-refractivity contribution in [2.75, 3.05) is 119 Å². The van der Waals surface area contributed by atoms with Crippen molar-refractivity contribution >= 4 is 86.4 Å². The van der Waals surface area contributed by atoms with Crippen LogP contribution in [0.5, 0.6) is 0 Å². The molecule has 4 saturated heterocycles. The summed E-state index contributed by atoms with van der Waals surface area (Å²) in [5, 5.41) is 133. The van der Waals surface area contributed by atoms with Crippen molar-refractivity contribution < 1.29 is 89.0 Å². The summed E-state index contributed by atoms with van der Waals surface area (Å²) < 4.78 is 45.0. The first kappa shape index (κ1) is 70.5. The van der Waals surface area contributed by atoms with Crippen molar-refractivity contribution in [3.8, 4) is 0 Å². The SMILES string of the molecule is CO[C@@H]1OC(CO)C(O[C@@H]2OC(CNC(=S)NCCN(CCNC(=S)NCCN(CCNC(C)=S)CCNC(C)=S)CCNC(=S)NCC3O[C@@H](OC4C(CO)O[C@@H](OC)C(O)C4O)C(O)C(O)C3C)C(C)C(O)C2O)C(O)C1O. The molecule has 0 saturated carbocycles. The maximum absolute atomic E-state index is 11.0. The van der Waals surface area contributed by atoms with E-state index in [9.17, 15) is 51.1 Å². The molecule has 0 amide bonds. The highest BCUT2D eigenvalue weighted by molar-refractivity contribution is 7.81. The first-order valence-electron chi connectivity index (χ1n) is 26.7. The van der Waals surface area contributed by atoms with E-state index in [1.807, 2.05) is 13.8 Å². The number of ether oxygens (including phenoxy) is 8. The van der Waals surface area contributed by atoms with Gasteiger partial charge in [0.2, 0.25) is 0 Å². The van der Waals surface area contributed by atoms with Crippen LogP contribution >= 0.6 is 61.1 Å². The largest absolute Gasteiger partial charge is 0.394 e. The molecule has 0 aromatic carbocycles. The molecule has 0 aliphatic carbocycles. The second kappa shape index (κ2) is 36.1. The molecule has 20 atom stereocenters. The van der Waals surface area contributed by atoms with Crippen LogP contribution in [0.4, 0.5) is 0 Å². The standard InChI is InChI=1S/C47H88N10O18S5/c1-23-27(70-43(35(64)31(23)60)74-39-29(21-58)72-41(68-5)37(66)33(39)62)19-54-46(79)52-11-17-57(16-10-51-45(78)50-9-15-56(13-7-48-25(3)76)14-8-49-26(4)77)18-12-53-47(80)55-20-28-24(2)32(61)36(65)44(71-28)75-40-30(22-59)73-42(69-6)38(67)34(40)63/h23-24,27-44,58-67H,7-22H2,1-6H3,(H,48,76)(H,49,77)(H2,50,51,78)(H2,52,54,79)(H2,53,55,80)/t23?,24?,27?,28?,29?,30?,31?,32?,33?,34?,35?,36?,37?,38?,39?,40?,41-,42-,43+,44+/m1/s1. The van der Waals surface area contributed by atoms with Crippen LogP contribution in [0.2, 0.25) is 0 Å². The number of hydrogen-bond acceptors (Lipinski definition) is 25. The van der Waals surface area contributed by atoms with Gasteiger partial charge in [0.25, 0.3) is 0 Å². The third kappa shape index (κ3) is 21.8. The molecular weight excluding hydrogens is 1150 g/mol. The molecule has 18 N–H and O–H groups in total. The molecule has 4 rings (SSSR count). The van der Waals surface area contributed by atoms with Gasteiger partial charge in [-0.1, -0.05) is 38.3 Å². The van der Waals surface area contributed by atoms with Crippen molar-refractivity contribution in [3.05, 3.63) is 0 Å². The lowest BCUT2D eigenvalue weighted by molar-refractivity contribution is -0.351. The van der Waals surface area contributed by atoms with E-state index in [0.717, 1.165) is 23.1 Å². The Kier molecular flexibility index (Phi) is 31.9. The summed E-state index contributed by atoms with van der Waals surface area (Å²) in [6.45, 7) is 13.0. The van der Waals surface area contributed by atoms with Gasteiger partial charge in [-0.15, -0.1) is 0 Å². The normalized spacial score (nSPS) is 34.5. The molecule has 28 nitrogen and oxygen atoms in total. The number of aliphatic hydroxyl groups excluding tert-OH is 10. The topological polar surface area (TPSA) is 379 Å². The zero-order valence-electron chi connectivity index (χ0n) is 46.0. The number of thiocarbonyl (C=S) groups is 5. The predicted molar refractivity (Wildman–Crippen MR) is 310 cm³/mol. The third-order valence-electron chi connectivity index (χ3n) is 14.2. The molecular formula is C47H88N10O18S5. The molecule has 16 unspecified atom stereocenters. The number of methoxy groups -OCH3 is 2. The molecule has 464 valence electrons. The lowest BCUT2D eigenvalue weighted by atomic mass is 9.90. The van der Waals surface area contributed by atoms with Crippen molar-refractivity contribution in [1.29, 1.82) is 0 Å². The number of nitrogens with zero attached hydrogens (tertiary/aromatic N) is 2. The van der Waals surface area contributed by atoms with Crippen LogP contribution in [0.1, 0.15) is 27.7 Å². The quantitative estimate of drug-likeness (QED) is 0.0297. The van der Waals surface area contributed by atoms with Crippen LogP contribution in [-0.4, -0.2) is 316 Å². The number of rotatable bonds is 30. The van der Waals surface area contributed by atoms with Gasteiger partial charge in [0.1, 0.15) is 61.0 Å². The molecule has 4 aliphatic rings. The Balaban J connectivity index is 1.31. The smallest absolute Gasteiger partial charge is 0.186 e. The van der Waals surface area contributed by atoms with E-state index in [2.05, 4.69) is 52.3 Å². The highest BCUT2D eigenvalue weighted by Crippen LogP contribution is 2.33. The Hall–Kier alpha value is -1.95. The lowest BCUT2D eigenvalue weighted by Gasteiger charge is -2.46. The summed E-state index contributed by atoms with van der Waals surface area (Å²) >= 11 is 27.2. The minimum Gasteiger partial charge on any atom is -0.394 e. The van der Waals surface area contributed by atoms with Gasteiger partial charge in [0.05, 0.1) is 47.6 Å². The summed E-state index contributed by atoms with van der Waals surface area (Å²) in [6, 6.07) is 0. The van der Waals surface area contributed by atoms with E-state index in [-0.39, 0.29) is 23.3 Å². The first-order valence-corrected chi connectivity index (χ1v) is 28.7. The molecule has 80 heavy (non-hydrogen) atoms. The van der Waals surface area contributed by atoms with Crippen LogP contribution in [0.15, 0.2) is 0 Å². The molecule has 0 spiro atoms. The Labute approximate surface area is 494 Å². The molecule has 33 heteroatoms. The van der Waals surface area contributed by atoms with Gasteiger partial charge in [-0.2, -0.15) is 0 Å². The monoisotopic (exact) mass is 1240 g/mol. The second-order valence-corrected chi connectivity index (χ2v) is 22.4. The van der Waals surface area contributed by atoms with Crippen molar-refractivity contribution in [1.82, 2.24) is 52.3 Å². The van der Waals surface area contributed by atoms with Crippen molar-refractivity contribution in [3.63, 3.8) is 0 Å². The van der Waals surface area contributed by atoms with E-state index in [1.54, 1.807) is 13.8 Å². The Morgan fingerprint density at radius 2 is 0.675 bits per heavy atom. The van der Waals surface area contributed by atoms with Gasteiger partial charge in [-0.25, -0.2) is 0 Å². The van der Waals surface area contributed by atoms with Gasteiger partial charge in [0, 0.05) is 118 Å². The minimum absolute atomic E-state index is 0.0792. The van der Waals surface area contributed by atoms with E-state index in [1.165, 1.54) is 14.2 Å². The van der Waals surface area contributed by atoms with E-state index in [4.69, 9.17) is 99.0 Å². The minimum atomic E-state index is -1.58. The fourth-order valence-electron chi connectivity index (χ4n) is 9.31. The molecule has 4 heterocycles. The number of aliphatic hydroxyl groups is 10. The maximum Gasteiger partial charge on any atom is 0.186 e. The van der Waals surface area contributed by atoms with E-state index < -0.39 is 136 Å². The average Bonchev–Trinajstić information content (AvgIpc) is 3.47. The average molecular weight is 1240 g/mol. The van der Waals surface area contributed by atoms with Gasteiger partial charge in [-0.05, 0) is 50.5 Å². The summed E-state index contributed by atoms with van der Waals surface area (Å²) in [5.41, 5.74) is 0. The Morgan fingerprint density at radius 3 is 0.963 bits per heavy atom. The third-order valence-corrected chi connectivity index (χ3v) is 15.4. The first-order chi connectivity index (χ1) is 38.0. The Bertz CT molecular complexity index is 1780. The number of hydrogen-bond donors (Lipinski definition) is 18. The van der Waals surface area contributed by atoms with Crippen LogP contribution < -0.4 is 42.5 Å². The van der Waals surface area contributed by atoms with E-state index in [0.29, 0.717) is 70.6 Å². The molecule has 0 radical (unpaired) electrons. The van der Waals surface area contributed by atoms with Crippen molar-refractivity contribution in [2.45, 2.75) is 138 Å². The Morgan fingerprint density at radius 1 is 0.400 bits per heavy atom. The van der Waals surface area contributed by atoms with Crippen LogP contribution in [-0.2, 0) is 37.9 Å². The van der Waals surface area contributed by atoms with Crippen LogP contribution in [0, 0.1) is 11.8 Å². The predicted octanol–water partition coefficient (Wildman–Crippen LogP) is -7.04. The van der Waals surface area contributed by atoms with Crippen molar-refractivity contribution in [2.24, 2.45) is 11.8 Å². The fraction of sp³-hybridized carbons (Fsp3) is 0.894. The fourth-order valence-corrected chi connectivity index (χ4v) is 10.1. The number of nitrogens with one attached hydrogen (secondary N) is 8. The zero-order valence-corrected chi connectivity index (χ0v) is 50.1. The molecule has 0 aromatic rings. The summed E-state index contributed by atoms with van der Waals surface area (Å²) in [4.78, 5) is 5.86. The van der Waals surface area contributed by atoms with Gasteiger partial charge in [-0.3, -0.25) is 9.80 Å². The summed E-state index contributed by atoms with van der Waals surface area (Å²) in [5.74, 6) is -1.21. The summed E-state index contributed by atoms with van der Waals surface area (Å²) in [7, 11) is 2.53. The molecule has 0 bridgehead atoms. The van der Waals surface area contributed by atoms with Gasteiger partial charge >= 0.3 is 0 Å². The highest BCUT2D eigenvalue weighted by Gasteiger charge is 2.52. The zero-order chi connectivity index (χ0) is 59.2. The van der Waals surface area contributed by atoms with Gasteiger partial charge < -0.3 is 131 Å². The van der Waals surface area contributed by atoms with E-state index >= 15 is 0 Å². The summed E-state index contributed by atoms with van der Waals surface area (Å²) in [6.07, 6.45) is -23.9. The molecule has 4 fully saturated rings. The van der Waals surface area contributed by atoms with Crippen LogP contribution in [0.25, 0.3) is 0 Å². The maximum atomic E-state index is 11.0. The highest BCUT2D eigenvalue weighted by atomic mass is 32.1. The lowest BCUT2D eigenvalue weighted by Crippen LogP contribution is -2.64. The second-order valence-electron chi connectivity index (χ2n) is 20.0. The van der Waals surface area contributed by atoms with Gasteiger partial charge in [0.15, 0.2) is 40.5 Å². The van der Waals surface area contributed by atoms with Crippen LogP contribution in [0.3, 0.4) is 0 Å². The molecule has 4 aliphatic heterocycles.